The Morgan fingerprint density at radius 3 is 2.77 bits per heavy atom. The molecule has 0 unspecified atom stereocenters. The molecule has 0 aliphatic carbocycles. The third kappa shape index (κ3) is 4.42. The molecular weight excluding hydrogens is 480 g/mol. The number of thiazole rings is 1. The number of allylic oxidation sites excluding steroid dienone is 1. The van der Waals surface area contributed by atoms with E-state index < -0.39 is 0 Å². The second-order valence-electron chi connectivity index (χ2n) is 6.08. The van der Waals surface area contributed by atoms with Crippen LogP contribution in [0.25, 0.3) is 28.0 Å². The first-order valence-electron chi connectivity index (χ1n) is 8.79. The van der Waals surface area contributed by atoms with Crippen LogP contribution in [-0.2, 0) is 0 Å². The van der Waals surface area contributed by atoms with Crippen LogP contribution in [0.15, 0.2) is 73.9 Å². The van der Waals surface area contributed by atoms with Crippen molar-refractivity contribution < 1.29 is 4.42 Å². The molecule has 5 nitrogen and oxygen atoms in total. The van der Waals surface area contributed by atoms with Gasteiger partial charge in [-0.15, -0.1) is 11.3 Å². The maximum Gasteiger partial charge on any atom is 0.154 e. The molecule has 4 aromatic rings. The van der Waals surface area contributed by atoms with Crippen LogP contribution in [0, 0.1) is 22.7 Å². The zero-order valence-electron chi connectivity index (χ0n) is 15.4. The van der Waals surface area contributed by atoms with Crippen molar-refractivity contribution in [3.05, 3.63) is 74.5 Å². The van der Waals surface area contributed by atoms with Gasteiger partial charge in [0.2, 0.25) is 0 Å². The normalized spacial score (nSPS) is 11.6. The number of fused-ring (bicyclic) bond motifs is 1. The molecule has 0 atom stereocenters. The molecule has 0 radical (unpaired) electrons. The van der Waals surface area contributed by atoms with Gasteiger partial charge in [0.15, 0.2) is 5.76 Å². The van der Waals surface area contributed by atoms with Crippen LogP contribution in [0.5, 0.6) is 0 Å². The number of halogens is 1. The molecule has 2 heterocycles. The summed E-state index contributed by atoms with van der Waals surface area (Å²) in [6.45, 7) is 0. The summed E-state index contributed by atoms with van der Waals surface area (Å²) in [5.74, 6) is 0.863. The number of para-hydroxylation sites is 1. The molecule has 2 aromatic heterocycles. The van der Waals surface area contributed by atoms with Gasteiger partial charge < -0.3 is 9.73 Å². The van der Waals surface area contributed by atoms with E-state index in [1.54, 1.807) is 0 Å². The molecule has 0 fully saturated rings. The predicted octanol–water partition coefficient (Wildman–Crippen LogP) is 6.88. The van der Waals surface area contributed by atoms with Crippen molar-refractivity contribution in [1.29, 1.82) is 10.5 Å². The first-order chi connectivity index (χ1) is 14.7. The van der Waals surface area contributed by atoms with Gasteiger partial charge in [0.1, 0.15) is 27.9 Å². The van der Waals surface area contributed by atoms with Gasteiger partial charge in [-0.1, -0.05) is 45.9 Å². The van der Waals surface area contributed by atoms with Gasteiger partial charge >= 0.3 is 0 Å². The SMILES string of the molecule is N#CCS/C(Nc1ccccc1)=C(\C#N)c1nc(-c2cc3cc(Br)ccc3o2)cs1. The lowest BCUT2D eigenvalue weighted by Gasteiger charge is -2.10. The summed E-state index contributed by atoms with van der Waals surface area (Å²) < 4.78 is 6.89. The van der Waals surface area contributed by atoms with Gasteiger partial charge in [0, 0.05) is 20.9 Å². The number of rotatable bonds is 6. The molecule has 4 rings (SSSR count). The topological polar surface area (TPSA) is 85.6 Å². The maximum atomic E-state index is 9.85. The molecule has 0 saturated carbocycles. The summed E-state index contributed by atoms with van der Waals surface area (Å²) in [6, 6.07) is 21.6. The van der Waals surface area contributed by atoms with Gasteiger partial charge in [-0.05, 0) is 36.4 Å². The summed E-state index contributed by atoms with van der Waals surface area (Å²) in [5.41, 5.74) is 2.67. The predicted molar refractivity (Wildman–Crippen MR) is 126 cm³/mol. The highest BCUT2D eigenvalue weighted by Crippen LogP contribution is 2.34. The highest BCUT2D eigenvalue weighted by molar-refractivity contribution is 9.10. The molecule has 0 bridgehead atoms. The Morgan fingerprint density at radius 1 is 1.17 bits per heavy atom. The largest absolute Gasteiger partial charge is 0.454 e. The molecule has 146 valence electrons. The number of hydrogen-bond acceptors (Lipinski definition) is 7. The lowest BCUT2D eigenvalue weighted by atomic mass is 10.2. The summed E-state index contributed by atoms with van der Waals surface area (Å²) in [5, 5.41) is 26.1. The second-order valence-corrected chi connectivity index (χ2v) is 8.84. The van der Waals surface area contributed by atoms with E-state index >= 15 is 0 Å². The van der Waals surface area contributed by atoms with Crippen molar-refractivity contribution in [2.45, 2.75) is 0 Å². The number of nitriles is 2. The Morgan fingerprint density at radius 2 is 2.00 bits per heavy atom. The van der Waals surface area contributed by atoms with Crippen molar-refractivity contribution >= 4 is 61.3 Å². The van der Waals surface area contributed by atoms with Gasteiger partial charge in [0.05, 0.1) is 16.9 Å². The van der Waals surface area contributed by atoms with E-state index in [0.29, 0.717) is 27.1 Å². The smallest absolute Gasteiger partial charge is 0.154 e. The van der Waals surface area contributed by atoms with Crippen LogP contribution < -0.4 is 5.32 Å². The van der Waals surface area contributed by atoms with Crippen molar-refractivity contribution in [3.8, 4) is 23.6 Å². The molecular formula is C22H13BrN4OS2. The number of anilines is 1. The third-order valence-electron chi connectivity index (χ3n) is 4.10. The molecule has 30 heavy (non-hydrogen) atoms. The number of furan rings is 1. The second kappa shape index (κ2) is 9.19. The zero-order chi connectivity index (χ0) is 20.9. The summed E-state index contributed by atoms with van der Waals surface area (Å²) in [4.78, 5) is 4.64. The van der Waals surface area contributed by atoms with Crippen molar-refractivity contribution in [1.82, 2.24) is 4.98 Å². The monoisotopic (exact) mass is 492 g/mol. The van der Waals surface area contributed by atoms with Crippen LogP contribution >= 0.6 is 39.0 Å². The van der Waals surface area contributed by atoms with E-state index in [9.17, 15) is 5.26 Å². The van der Waals surface area contributed by atoms with Crippen LogP contribution in [0.1, 0.15) is 5.01 Å². The Hall–Kier alpha value is -3.04. The van der Waals surface area contributed by atoms with E-state index in [0.717, 1.165) is 21.1 Å². The number of nitrogens with one attached hydrogen (secondary N) is 1. The fraction of sp³-hybridized carbons (Fsp3) is 0.0455. The molecule has 0 aliphatic heterocycles. The molecule has 0 amide bonds. The van der Waals surface area contributed by atoms with E-state index in [4.69, 9.17) is 9.68 Å². The average molecular weight is 493 g/mol. The Kier molecular flexibility index (Phi) is 6.20. The minimum Gasteiger partial charge on any atom is -0.454 e. The zero-order valence-corrected chi connectivity index (χ0v) is 18.6. The van der Waals surface area contributed by atoms with E-state index in [1.165, 1.54) is 23.1 Å². The first kappa shape index (κ1) is 20.2. The standard InChI is InChI=1S/C22H13BrN4OS2/c23-15-6-7-19-14(10-15)11-20(28-19)18-13-30-22(27-18)17(12-25)21(29-9-8-24)26-16-4-2-1-3-5-16/h1-7,10-11,13,26H,9H2/b21-17+. The van der Waals surface area contributed by atoms with Gasteiger partial charge in [-0.2, -0.15) is 10.5 Å². The lowest BCUT2D eigenvalue weighted by Crippen LogP contribution is -2.00. The third-order valence-corrected chi connectivity index (χ3v) is 6.32. The van der Waals surface area contributed by atoms with E-state index in [1.807, 2.05) is 60.0 Å². The Labute approximate surface area is 189 Å². The lowest BCUT2D eigenvalue weighted by molar-refractivity contribution is 0.629. The maximum absolute atomic E-state index is 9.85. The van der Waals surface area contributed by atoms with Crippen LogP contribution in [0.4, 0.5) is 5.69 Å². The fourth-order valence-electron chi connectivity index (χ4n) is 2.77. The van der Waals surface area contributed by atoms with Crippen LogP contribution in [-0.4, -0.2) is 10.7 Å². The Balaban J connectivity index is 1.71. The van der Waals surface area contributed by atoms with Gasteiger partial charge in [0.25, 0.3) is 0 Å². The fourth-order valence-corrected chi connectivity index (χ4v) is 4.70. The first-order valence-corrected chi connectivity index (χ1v) is 11.5. The average Bonchev–Trinajstić information content (AvgIpc) is 3.40. The highest BCUT2D eigenvalue weighted by atomic mass is 79.9. The number of aromatic nitrogens is 1. The van der Waals surface area contributed by atoms with Gasteiger partial charge in [-0.25, -0.2) is 4.98 Å². The number of benzene rings is 2. The molecule has 1 N–H and O–H groups in total. The van der Waals surface area contributed by atoms with Crippen molar-refractivity contribution in [3.63, 3.8) is 0 Å². The van der Waals surface area contributed by atoms with Crippen molar-refractivity contribution in [2.75, 3.05) is 11.1 Å². The number of hydrogen-bond donors (Lipinski definition) is 1. The molecule has 2 aromatic carbocycles. The molecule has 0 aliphatic rings. The van der Waals surface area contributed by atoms with Crippen LogP contribution in [0.2, 0.25) is 0 Å². The highest BCUT2D eigenvalue weighted by Gasteiger charge is 2.17. The van der Waals surface area contributed by atoms with E-state index in [-0.39, 0.29) is 5.75 Å². The minimum atomic E-state index is 0.219. The molecule has 8 heteroatoms. The minimum absolute atomic E-state index is 0.219. The van der Waals surface area contributed by atoms with Crippen molar-refractivity contribution in [2.24, 2.45) is 0 Å². The number of thioether (sulfide) groups is 1. The summed E-state index contributed by atoms with van der Waals surface area (Å²) in [7, 11) is 0. The molecule has 0 spiro atoms. The Bertz CT molecular complexity index is 1310. The summed E-state index contributed by atoms with van der Waals surface area (Å²) >= 11 is 6.11. The quantitative estimate of drug-likeness (QED) is 0.295. The van der Waals surface area contributed by atoms with E-state index in [2.05, 4.69) is 38.4 Å². The summed E-state index contributed by atoms with van der Waals surface area (Å²) in [6.07, 6.45) is 0. The molecule has 0 saturated heterocycles. The number of nitrogens with zero attached hydrogens (tertiary/aromatic N) is 3. The van der Waals surface area contributed by atoms with Crippen LogP contribution in [0.3, 0.4) is 0 Å². The van der Waals surface area contributed by atoms with Gasteiger partial charge in [-0.3, -0.25) is 0 Å².